The van der Waals surface area contributed by atoms with Crippen LogP contribution in [0.5, 0.6) is 0 Å². The van der Waals surface area contributed by atoms with Gasteiger partial charge in [-0.2, -0.15) is 0 Å². The van der Waals surface area contributed by atoms with E-state index in [1.807, 2.05) is 6.92 Å². The van der Waals surface area contributed by atoms with Gasteiger partial charge < -0.3 is 9.90 Å². The standard InChI is InChI=1S/C23H41N3O2/c1-3-4-5-6-7-8-9-10-11-12-13-14-15-16-17-22-25-18-19-26(22,21(2)24)20-23(27)28/h7-8,18-19,21H,3-6,9-17,20,24H2,1-2H3/b8-7+. The number of aliphatic imine (C=N–C) groups is 1. The second-order valence-electron chi connectivity index (χ2n) is 8.03. The monoisotopic (exact) mass is 391 g/mol. The molecule has 0 radical (unpaired) electrons. The molecule has 0 fully saturated rings. The van der Waals surface area contributed by atoms with Crippen molar-refractivity contribution in [3.8, 4) is 0 Å². The van der Waals surface area contributed by atoms with Crippen LogP contribution in [0.3, 0.4) is 0 Å². The SMILES string of the molecule is CCCCC/C=C/CCCCCCCCCC1=NC=C[N+]1(CC(=O)[O-])C(C)N. The average Bonchev–Trinajstić information content (AvgIpc) is 3.05. The van der Waals surface area contributed by atoms with E-state index >= 15 is 0 Å². The molecule has 0 saturated heterocycles. The number of aliphatic carboxylic acids is 1. The zero-order valence-electron chi connectivity index (χ0n) is 18.1. The number of carbonyl (C=O) groups excluding carboxylic acids is 1. The number of allylic oxidation sites excluding steroid dienone is 2. The van der Waals surface area contributed by atoms with Crippen molar-refractivity contribution in [2.24, 2.45) is 10.7 Å². The Hall–Kier alpha value is -1.46. The maximum atomic E-state index is 11.1. The summed E-state index contributed by atoms with van der Waals surface area (Å²) in [7, 11) is 0. The first-order valence-electron chi connectivity index (χ1n) is 11.3. The van der Waals surface area contributed by atoms with Gasteiger partial charge in [0.1, 0.15) is 18.9 Å². The third-order valence-electron chi connectivity index (χ3n) is 5.57. The third-order valence-corrected chi connectivity index (χ3v) is 5.57. The molecule has 160 valence electrons. The number of amidine groups is 1. The van der Waals surface area contributed by atoms with Crippen LogP contribution in [0.4, 0.5) is 0 Å². The Morgan fingerprint density at radius 3 is 2.21 bits per heavy atom. The topological polar surface area (TPSA) is 78.5 Å². The van der Waals surface area contributed by atoms with Crippen LogP contribution in [0, 0.1) is 0 Å². The fourth-order valence-corrected chi connectivity index (χ4v) is 3.75. The highest BCUT2D eigenvalue weighted by atomic mass is 16.4. The van der Waals surface area contributed by atoms with E-state index in [-0.39, 0.29) is 17.2 Å². The maximum absolute atomic E-state index is 11.1. The summed E-state index contributed by atoms with van der Waals surface area (Å²) in [6.07, 6.45) is 23.6. The summed E-state index contributed by atoms with van der Waals surface area (Å²) >= 11 is 0. The molecule has 0 saturated carbocycles. The highest BCUT2D eigenvalue weighted by Crippen LogP contribution is 2.23. The van der Waals surface area contributed by atoms with Gasteiger partial charge >= 0.3 is 0 Å². The molecule has 0 amide bonds. The number of carbonyl (C=O) groups is 1. The van der Waals surface area contributed by atoms with Crippen LogP contribution in [0.15, 0.2) is 29.5 Å². The van der Waals surface area contributed by atoms with E-state index in [0.29, 0.717) is 0 Å². The number of quaternary nitrogens is 1. The van der Waals surface area contributed by atoms with E-state index in [4.69, 9.17) is 5.73 Å². The number of unbranched alkanes of at least 4 members (excludes halogenated alkanes) is 10. The average molecular weight is 392 g/mol. The molecule has 28 heavy (non-hydrogen) atoms. The Balaban J connectivity index is 2.07. The molecule has 5 heteroatoms. The lowest BCUT2D eigenvalue weighted by Crippen LogP contribution is -2.60. The number of carboxylic acids is 1. The molecule has 0 aromatic carbocycles. The first-order chi connectivity index (χ1) is 13.5. The Labute approximate surface area is 172 Å². The largest absolute Gasteiger partial charge is 0.544 e. The second-order valence-corrected chi connectivity index (χ2v) is 8.03. The predicted molar refractivity (Wildman–Crippen MR) is 115 cm³/mol. The van der Waals surface area contributed by atoms with Crippen molar-refractivity contribution in [2.45, 2.75) is 103 Å². The first-order valence-corrected chi connectivity index (χ1v) is 11.3. The molecule has 1 aliphatic heterocycles. The molecule has 5 nitrogen and oxygen atoms in total. The smallest absolute Gasteiger partial charge is 0.209 e. The van der Waals surface area contributed by atoms with Crippen molar-refractivity contribution in [3.05, 3.63) is 24.6 Å². The van der Waals surface area contributed by atoms with Gasteiger partial charge in [-0.3, -0.25) is 5.73 Å². The molecule has 0 spiro atoms. The molecule has 0 bridgehead atoms. The van der Waals surface area contributed by atoms with Crippen molar-refractivity contribution >= 4 is 11.8 Å². The summed E-state index contributed by atoms with van der Waals surface area (Å²) in [5, 5.41) is 11.1. The van der Waals surface area contributed by atoms with Crippen LogP contribution in [0.25, 0.3) is 0 Å². The van der Waals surface area contributed by atoms with Crippen LogP contribution in [0.2, 0.25) is 0 Å². The molecular formula is C23H41N3O2. The van der Waals surface area contributed by atoms with E-state index in [0.717, 1.165) is 25.1 Å². The van der Waals surface area contributed by atoms with Gasteiger partial charge in [-0.05, 0) is 32.1 Å². The first kappa shape index (κ1) is 24.6. The van der Waals surface area contributed by atoms with E-state index in [2.05, 4.69) is 24.1 Å². The molecule has 1 rings (SSSR count). The second kappa shape index (κ2) is 14.5. The van der Waals surface area contributed by atoms with Crippen molar-refractivity contribution in [2.75, 3.05) is 6.54 Å². The quantitative estimate of drug-likeness (QED) is 0.227. The predicted octanol–water partition coefficient (Wildman–Crippen LogP) is 4.39. The van der Waals surface area contributed by atoms with Gasteiger partial charge in [-0.1, -0.05) is 64.0 Å². The number of hydrogen-bond donors (Lipinski definition) is 1. The van der Waals surface area contributed by atoms with E-state index in [1.54, 1.807) is 12.4 Å². The molecule has 2 atom stereocenters. The van der Waals surface area contributed by atoms with Gasteiger partial charge in [0.25, 0.3) is 0 Å². The lowest BCUT2D eigenvalue weighted by atomic mass is 10.1. The van der Waals surface area contributed by atoms with Gasteiger partial charge in [0.15, 0.2) is 0 Å². The van der Waals surface area contributed by atoms with Crippen LogP contribution in [0.1, 0.15) is 97.3 Å². The molecule has 2 N–H and O–H groups in total. The van der Waals surface area contributed by atoms with Crippen LogP contribution in [-0.2, 0) is 4.79 Å². The van der Waals surface area contributed by atoms with Gasteiger partial charge in [0, 0.05) is 13.3 Å². The molecule has 2 unspecified atom stereocenters. The van der Waals surface area contributed by atoms with Crippen molar-refractivity contribution in [3.63, 3.8) is 0 Å². The van der Waals surface area contributed by atoms with Gasteiger partial charge in [-0.15, -0.1) is 0 Å². The Morgan fingerprint density at radius 1 is 1.07 bits per heavy atom. The molecule has 0 aliphatic carbocycles. The van der Waals surface area contributed by atoms with Crippen LogP contribution < -0.4 is 10.8 Å². The highest BCUT2D eigenvalue weighted by Gasteiger charge is 2.38. The van der Waals surface area contributed by atoms with Crippen molar-refractivity contribution in [1.29, 1.82) is 0 Å². The van der Waals surface area contributed by atoms with Crippen LogP contribution >= 0.6 is 0 Å². The number of carboxylic acid groups (broad SMARTS) is 1. The fraction of sp³-hybridized carbons (Fsp3) is 0.739. The fourth-order valence-electron chi connectivity index (χ4n) is 3.75. The summed E-state index contributed by atoms with van der Waals surface area (Å²) in [6, 6.07) is 0. The number of hydrogen-bond acceptors (Lipinski definition) is 4. The number of rotatable bonds is 17. The minimum atomic E-state index is -1.09. The third kappa shape index (κ3) is 9.16. The molecular weight excluding hydrogens is 350 g/mol. The van der Waals surface area contributed by atoms with E-state index in [9.17, 15) is 9.90 Å². The lowest BCUT2D eigenvalue weighted by Gasteiger charge is -2.36. The van der Waals surface area contributed by atoms with E-state index in [1.165, 1.54) is 64.2 Å². The zero-order valence-corrected chi connectivity index (χ0v) is 18.1. The lowest BCUT2D eigenvalue weighted by molar-refractivity contribution is -0.808. The molecule has 0 aromatic rings. The molecule has 0 aromatic heterocycles. The summed E-state index contributed by atoms with van der Waals surface area (Å²) in [5.74, 6) is -0.239. The van der Waals surface area contributed by atoms with Gasteiger partial charge in [0.05, 0.1) is 12.2 Å². The number of nitrogens with zero attached hydrogens (tertiary/aromatic N) is 2. The Morgan fingerprint density at radius 2 is 1.64 bits per heavy atom. The minimum Gasteiger partial charge on any atom is -0.544 e. The van der Waals surface area contributed by atoms with E-state index < -0.39 is 5.97 Å². The van der Waals surface area contributed by atoms with Crippen molar-refractivity contribution in [1.82, 2.24) is 0 Å². The summed E-state index contributed by atoms with van der Waals surface area (Å²) in [6.45, 7) is 3.93. The van der Waals surface area contributed by atoms with Gasteiger partial charge in [0.2, 0.25) is 5.84 Å². The summed E-state index contributed by atoms with van der Waals surface area (Å²) in [4.78, 5) is 15.5. The zero-order chi connectivity index (χ0) is 20.7. The summed E-state index contributed by atoms with van der Waals surface area (Å²) in [5.41, 5.74) is 6.07. The number of nitrogens with two attached hydrogens (primary N) is 1. The minimum absolute atomic E-state index is 0.105. The van der Waals surface area contributed by atoms with Crippen molar-refractivity contribution < 1.29 is 14.4 Å². The molecule has 1 aliphatic rings. The van der Waals surface area contributed by atoms with Crippen LogP contribution in [-0.4, -0.2) is 29.0 Å². The summed E-state index contributed by atoms with van der Waals surface area (Å²) < 4.78 is 0.105. The molecule has 1 heterocycles. The Bertz CT molecular complexity index is 526. The maximum Gasteiger partial charge on any atom is 0.209 e. The van der Waals surface area contributed by atoms with Gasteiger partial charge in [-0.25, -0.2) is 9.48 Å². The highest BCUT2D eigenvalue weighted by molar-refractivity contribution is 5.81. The normalized spacial score (nSPS) is 20.0. The Kier molecular flexibility index (Phi) is 12.8.